The van der Waals surface area contributed by atoms with Gasteiger partial charge in [0.25, 0.3) is 0 Å². The summed E-state index contributed by atoms with van der Waals surface area (Å²) in [7, 11) is -0.952. The molecular formula is C25H38ClN7O3S. The number of halogens is 1. The number of ether oxygens (including phenoxy) is 1. The Balaban J connectivity index is 1.58. The zero-order valence-corrected chi connectivity index (χ0v) is 23.4. The van der Waals surface area contributed by atoms with Gasteiger partial charge in [-0.1, -0.05) is 31.4 Å². The third kappa shape index (κ3) is 6.95. The number of aromatic nitrogens is 2. The summed E-state index contributed by atoms with van der Waals surface area (Å²) in [5.41, 5.74) is 3.21. The third-order valence-electron chi connectivity index (χ3n) is 7.35. The van der Waals surface area contributed by atoms with Gasteiger partial charge in [0.2, 0.25) is 16.8 Å². The lowest BCUT2D eigenvalue weighted by atomic mass is 9.84. The van der Waals surface area contributed by atoms with E-state index in [9.17, 15) is 8.42 Å². The Morgan fingerprint density at radius 2 is 1.97 bits per heavy atom. The molecule has 0 unspecified atom stereocenters. The molecule has 1 fully saturated rings. The average Bonchev–Trinajstić information content (AvgIpc) is 3.08. The fourth-order valence-corrected chi connectivity index (χ4v) is 5.79. The molecule has 12 heteroatoms. The summed E-state index contributed by atoms with van der Waals surface area (Å²) in [4.78, 5) is 13.9. The van der Waals surface area contributed by atoms with Crippen LogP contribution in [0.2, 0.25) is 5.02 Å². The minimum atomic E-state index is -2.62. The zero-order valence-electron chi connectivity index (χ0n) is 21.8. The number of nitrogens with zero attached hydrogens (tertiary/aromatic N) is 4. The molecule has 2 aliphatic rings. The first-order chi connectivity index (χ1) is 17.9. The second kappa shape index (κ2) is 12.9. The minimum Gasteiger partial charge on any atom is -0.495 e. The van der Waals surface area contributed by atoms with E-state index in [1.807, 2.05) is 0 Å². The number of benzene rings is 1. The van der Waals surface area contributed by atoms with Crippen molar-refractivity contribution >= 4 is 45.6 Å². The molecule has 0 saturated heterocycles. The van der Waals surface area contributed by atoms with Crippen LogP contribution in [0.15, 0.2) is 18.3 Å². The van der Waals surface area contributed by atoms with Gasteiger partial charge in [-0.2, -0.15) is 4.98 Å². The molecule has 1 aliphatic heterocycles. The standard InChI is InChI=1S/C25H38ClN7O3S/c1-4-32-10-11-33(5-2)22-13-21(23(36-3)12-18(22)16-32)30-25-27-15-19(26)24(31-25)29-20-9-7-6-8-17(20)14-28-37(34)35/h12-13,15,17,20,37H,4-11,14,16H2,1-3H3,(H,28,34,35)(H2,27,29,30,31)/t17-,20-/m1/s1. The van der Waals surface area contributed by atoms with Gasteiger partial charge in [0.15, 0.2) is 5.82 Å². The second-order valence-corrected chi connectivity index (χ2v) is 10.8. The number of likely N-dealkylation sites (N-methyl/N-ethyl adjacent to an activating group) is 2. The number of anilines is 4. The van der Waals surface area contributed by atoms with Crippen LogP contribution in [-0.4, -0.2) is 69.2 Å². The SMILES string of the molecule is CCN1CCN(CC)c2cc(Nc3ncc(Cl)c(N[C@@H]4CCCC[C@@H]4CN[SH](=O)=O)n3)c(OC)cc2C1. The fourth-order valence-electron chi connectivity index (χ4n) is 5.26. The van der Waals surface area contributed by atoms with Gasteiger partial charge in [-0.25, -0.2) is 18.1 Å². The highest BCUT2D eigenvalue weighted by molar-refractivity contribution is 7.70. The molecule has 1 aromatic carbocycles. The Hall–Kier alpha value is -2.34. The number of hydrogen-bond acceptors (Lipinski definition) is 9. The van der Waals surface area contributed by atoms with Crippen molar-refractivity contribution < 1.29 is 13.2 Å². The Morgan fingerprint density at radius 1 is 1.16 bits per heavy atom. The highest BCUT2D eigenvalue weighted by Gasteiger charge is 2.26. The third-order valence-corrected chi connectivity index (χ3v) is 8.07. The van der Waals surface area contributed by atoms with Crippen molar-refractivity contribution in [3.8, 4) is 5.75 Å². The van der Waals surface area contributed by atoms with Gasteiger partial charge in [-0.3, -0.25) is 4.90 Å². The Morgan fingerprint density at radius 3 is 2.70 bits per heavy atom. The van der Waals surface area contributed by atoms with Crippen molar-refractivity contribution in [2.24, 2.45) is 5.92 Å². The van der Waals surface area contributed by atoms with Gasteiger partial charge < -0.3 is 20.3 Å². The molecule has 1 saturated carbocycles. The monoisotopic (exact) mass is 551 g/mol. The molecule has 3 N–H and O–H groups in total. The van der Waals surface area contributed by atoms with Crippen LogP contribution >= 0.6 is 11.6 Å². The molecule has 2 atom stereocenters. The molecule has 0 spiro atoms. The first-order valence-corrected chi connectivity index (χ1v) is 14.6. The second-order valence-electron chi connectivity index (χ2n) is 9.56. The summed E-state index contributed by atoms with van der Waals surface area (Å²) in [6, 6.07) is 4.29. The number of thiol groups is 1. The lowest BCUT2D eigenvalue weighted by Crippen LogP contribution is -2.38. The summed E-state index contributed by atoms with van der Waals surface area (Å²) in [5, 5.41) is 7.22. The number of fused-ring (bicyclic) bond motifs is 1. The molecule has 0 radical (unpaired) electrons. The Bertz CT molecular complexity index is 1140. The predicted molar refractivity (Wildman–Crippen MR) is 150 cm³/mol. The van der Waals surface area contributed by atoms with Crippen LogP contribution in [-0.2, 0) is 17.4 Å². The van der Waals surface area contributed by atoms with E-state index in [4.69, 9.17) is 16.3 Å². The Kier molecular flexibility index (Phi) is 9.69. The quantitative estimate of drug-likeness (QED) is 0.329. The average molecular weight is 552 g/mol. The van der Waals surface area contributed by atoms with Crippen LogP contribution < -0.4 is 25.0 Å². The first-order valence-electron chi connectivity index (χ1n) is 13.0. The molecule has 1 aromatic heterocycles. The van der Waals surface area contributed by atoms with Gasteiger partial charge in [-0.05, 0) is 49.9 Å². The van der Waals surface area contributed by atoms with Crippen molar-refractivity contribution in [3.05, 3.63) is 28.9 Å². The molecule has 0 amide bonds. The normalized spacial score (nSPS) is 20.4. The van der Waals surface area contributed by atoms with E-state index in [0.29, 0.717) is 23.3 Å². The molecular weight excluding hydrogens is 514 g/mol. The summed E-state index contributed by atoms with van der Waals surface area (Å²) < 4.78 is 30.4. The molecule has 1 aliphatic carbocycles. The molecule has 2 aromatic rings. The largest absolute Gasteiger partial charge is 0.495 e. The maximum Gasteiger partial charge on any atom is 0.229 e. The van der Waals surface area contributed by atoms with Crippen LogP contribution in [0.25, 0.3) is 0 Å². The van der Waals surface area contributed by atoms with Gasteiger partial charge in [0.1, 0.15) is 10.8 Å². The van der Waals surface area contributed by atoms with E-state index in [0.717, 1.165) is 69.8 Å². The van der Waals surface area contributed by atoms with E-state index >= 15 is 0 Å². The molecule has 37 heavy (non-hydrogen) atoms. The van der Waals surface area contributed by atoms with Crippen LogP contribution in [0, 0.1) is 5.92 Å². The van der Waals surface area contributed by atoms with Crippen molar-refractivity contribution in [3.63, 3.8) is 0 Å². The Labute approximate surface area is 226 Å². The van der Waals surface area contributed by atoms with E-state index in [1.165, 1.54) is 11.3 Å². The number of hydrogen-bond donors (Lipinski definition) is 4. The summed E-state index contributed by atoms with van der Waals surface area (Å²) in [5.74, 6) is 1.83. The fraction of sp³-hybridized carbons (Fsp3) is 0.600. The van der Waals surface area contributed by atoms with Gasteiger partial charge >= 0.3 is 0 Å². The zero-order chi connectivity index (χ0) is 26.4. The minimum absolute atomic E-state index is 0.0677. The van der Waals surface area contributed by atoms with Crippen LogP contribution in [0.5, 0.6) is 5.75 Å². The van der Waals surface area contributed by atoms with Crippen molar-refractivity contribution in [2.75, 3.05) is 55.4 Å². The molecule has 0 bridgehead atoms. The van der Waals surface area contributed by atoms with Crippen LogP contribution in [0.4, 0.5) is 23.1 Å². The lowest BCUT2D eigenvalue weighted by molar-refractivity contribution is 0.292. The number of rotatable bonds is 10. The highest BCUT2D eigenvalue weighted by Crippen LogP contribution is 2.37. The summed E-state index contributed by atoms with van der Waals surface area (Å²) in [6.07, 6.45) is 5.59. The molecule has 204 valence electrons. The van der Waals surface area contributed by atoms with Gasteiger partial charge in [-0.15, -0.1) is 0 Å². The summed E-state index contributed by atoms with van der Waals surface area (Å²) in [6.45, 7) is 9.54. The van der Waals surface area contributed by atoms with Gasteiger partial charge in [0, 0.05) is 44.5 Å². The molecule has 2 heterocycles. The smallest absolute Gasteiger partial charge is 0.229 e. The van der Waals surface area contributed by atoms with E-state index < -0.39 is 10.9 Å². The van der Waals surface area contributed by atoms with Crippen molar-refractivity contribution in [2.45, 2.75) is 52.1 Å². The predicted octanol–water partition coefficient (Wildman–Crippen LogP) is 3.63. The van der Waals surface area contributed by atoms with E-state index in [-0.39, 0.29) is 12.0 Å². The maximum atomic E-state index is 11.1. The van der Waals surface area contributed by atoms with Gasteiger partial charge in [0.05, 0.1) is 19.0 Å². The maximum absolute atomic E-state index is 11.1. The van der Waals surface area contributed by atoms with Crippen LogP contribution in [0.1, 0.15) is 45.1 Å². The lowest BCUT2D eigenvalue weighted by Gasteiger charge is -2.32. The summed E-state index contributed by atoms with van der Waals surface area (Å²) >= 11 is 6.47. The van der Waals surface area contributed by atoms with E-state index in [2.05, 4.69) is 61.1 Å². The first kappa shape index (κ1) is 27.7. The topological polar surface area (TPSA) is 112 Å². The van der Waals surface area contributed by atoms with Crippen molar-refractivity contribution in [1.82, 2.24) is 19.6 Å². The van der Waals surface area contributed by atoms with Crippen molar-refractivity contribution in [1.29, 1.82) is 0 Å². The molecule has 10 nitrogen and oxygen atoms in total. The number of nitrogens with one attached hydrogen (secondary N) is 3. The number of methoxy groups -OCH3 is 1. The van der Waals surface area contributed by atoms with E-state index in [1.54, 1.807) is 13.3 Å². The molecule has 4 rings (SSSR count). The highest BCUT2D eigenvalue weighted by atomic mass is 35.5. The van der Waals surface area contributed by atoms with Crippen LogP contribution in [0.3, 0.4) is 0 Å².